The van der Waals surface area contributed by atoms with Crippen molar-refractivity contribution in [2.24, 2.45) is 0 Å². The summed E-state index contributed by atoms with van der Waals surface area (Å²) >= 11 is 5.74. The summed E-state index contributed by atoms with van der Waals surface area (Å²) in [5.74, 6) is -2.64. The van der Waals surface area contributed by atoms with E-state index in [0.717, 1.165) is 6.07 Å². The molecular weight excluding hydrogens is 342 g/mol. The zero-order chi connectivity index (χ0) is 17.4. The van der Waals surface area contributed by atoms with Gasteiger partial charge in [-0.3, -0.25) is 4.79 Å². The molecule has 3 aromatic rings. The van der Waals surface area contributed by atoms with E-state index in [2.05, 4.69) is 10.4 Å². The first-order valence-corrected chi connectivity index (χ1v) is 6.80. The summed E-state index contributed by atoms with van der Waals surface area (Å²) in [4.78, 5) is 34.3. The quantitative estimate of drug-likeness (QED) is 0.661. The summed E-state index contributed by atoms with van der Waals surface area (Å²) in [5.41, 5.74) is 0.00542. The molecule has 0 fully saturated rings. The highest BCUT2D eigenvalue weighted by Gasteiger charge is 2.23. The van der Waals surface area contributed by atoms with Crippen molar-refractivity contribution in [2.45, 2.75) is 0 Å². The lowest BCUT2D eigenvalue weighted by molar-refractivity contribution is 0.0665. The molecule has 2 aromatic heterocycles. The average molecular weight is 350 g/mol. The Morgan fingerprint density at radius 2 is 1.83 bits per heavy atom. The van der Waals surface area contributed by atoms with Gasteiger partial charge in [-0.25, -0.2) is 9.59 Å². The Morgan fingerprint density at radius 1 is 1.17 bits per heavy atom. The standard InChI is InChI=1S/C14H8ClN3O6/c15-7-3-1-6(2-4-7)12(19)16-11-10-8(18(17-11)14(22)23)5-9(24-10)13(20)21/h1-5H,(H,20,21)(H,22,23)(H,16,17,19). The number of carboxylic acid groups (broad SMARTS) is 2. The third kappa shape index (κ3) is 2.68. The monoisotopic (exact) mass is 349 g/mol. The van der Waals surface area contributed by atoms with Gasteiger partial charge in [-0.05, 0) is 24.3 Å². The van der Waals surface area contributed by atoms with Crippen molar-refractivity contribution in [3.05, 3.63) is 46.7 Å². The lowest BCUT2D eigenvalue weighted by Crippen LogP contribution is -2.14. The minimum atomic E-state index is -1.45. The molecule has 0 bridgehead atoms. The van der Waals surface area contributed by atoms with Crippen molar-refractivity contribution >= 4 is 46.5 Å². The molecular formula is C14H8ClN3O6. The number of carbonyl (C=O) groups is 3. The lowest BCUT2D eigenvalue weighted by Gasteiger charge is -2.02. The fourth-order valence-electron chi connectivity index (χ4n) is 2.02. The van der Waals surface area contributed by atoms with Gasteiger partial charge in [-0.15, -0.1) is 5.10 Å². The van der Waals surface area contributed by atoms with Crippen LogP contribution in [0.15, 0.2) is 34.7 Å². The Kier molecular flexibility index (Phi) is 3.70. The van der Waals surface area contributed by atoms with Crippen molar-refractivity contribution in [3.63, 3.8) is 0 Å². The number of anilines is 1. The SMILES string of the molecule is O=C(Nc1nn(C(=O)O)c2cc(C(=O)O)oc12)c1ccc(Cl)cc1. The Bertz CT molecular complexity index is 972. The molecule has 0 saturated carbocycles. The van der Waals surface area contributed by atoms with Gasteiger partial charge in [0, 0.05) is 16.7 Å². The smallest absolute Gasteiger partial charge is 0.432 e. The van der Waals surface area contributed by atoms with Gasteiger partial charge < -0.3 is 19.9 Å². The van der Waals surface area contributed by atoms with Crippen LogP contribution >= 0.6 is 11.6 Å². The summed E-state index contributed by atoms with van der Waals surface area (Å²) in [7, 11) is 0. The molecule has 24 heavy (non-hydrogen) atoms. The molecule has 2 heterocycles. The first-order valence-electron chi connectivity index (χ1n) is 6.43. The third-order valence-electron chi connectivity index (χ3n) is 3.09. The minimum absolute atomic E-state index is 0.0914. The highest BCUT2D eigenvalue weighted by atomic mass is 35.5. The number of carbonyl (C=O) groups excluding carboxylic acids is 1. The van der Waals surface area contributed by atoms with E-state index < -0.39 is 23.7 Å². The van der Waals surface area contributed by atoms with Crippen LogP contribution in [0.2, 0.25) is 5.02 Å². The van der Waals surface area contributed by atoms with Crippen molar-refractivity contribution < 1.29 is 29.0 Å². The zero-order valence-corrected chi connectivity index (χ0v) is 12.4. The van der Waals surface area contributed by atoms with Gasteiger partial charge in [0.05, 0.1) is 0 Å². The fourth-order valence-corrected chi connectivity index (χ4v) is 2.15. The average Bonchev–Trinajstić information content (AvgIpc) is 3.08. The second-order valence-electron chi connectivity index (χ2n) is 4.63. The number of fused-ring (bicyclic) bond motifs is 1. The molecule has 0 atom stereocenters. The largest absolute Gasteiger partial charge is 0.475 e. The maximum atomic E-state index is 12.2. The van der Waals surface area contributed by atoms with Crippen LogP contribution in [0.4, 0.5) is 10.6 Å². The van der Waals surface area contributed by atoms with Crippen LogP contribution in [0.3, 0.4) is 0 Å². The van der Waals surface area contributed by atoms with E-state index in [4.69, 9.17) is 26.2 Å². The Morgan fingerprint density at radius 3 is 2.42 bits per heavy atom. The number of benzene rings is 1. The van der Waals surface area contributed by atoms with Gasteiger partial charge in [0.1, 0.15) is 5.52 Å². The summed E-state index contributed by atoms with van der Waals surface area (Å²) in [5, 5.41) is 24.6. The van der Waals surface area contributed by atoms with E-state index in [1.54, 1.807) is 0 Å². The van der Waals surface area contributed by atoms with Crippen LogP contribution in [0.5, 0.6) is 0 Å². The van der Waals surface area contributed by atoms with Crippen LogP contribution < -0.4 is 5.32 Å². The molecule has 0 saturated heterocycles. The number of hydrogen-bond acceptors (Lipinski definition) is 5. The third-order valence-corrected chi connectivity index (χ3v) is 3.34. The number of halogens is 1. The maximum Gasteiger partial charge on any atom is 0.432 e. The molecule has 122 valence electrons. The first-order chi connectivity index (χ1) is 11.4. The number of hydrogen-bond donors (Lipinski definition) is 3. The Hall–Kier alpha value is -3.33. The van der Waals surface area contributed by atoms with E-state index >= 15 is 0 Å². The summed E-state index contributed by atoms with van der Waals surface area (Å²) in [6.45, 7) is 0. The molecule has 3 rings (SSSR count). The number of nitrogens with zero attached hydrogens (tertiary/aromatic N) is 2. The van der Waals surface area contributed by atoms with E-state index in [1.165, 1.54) is 24.3 Å². The van der Waals surface area contributed by atoms with Crippen molar-refractivity contribution in [1.82, 2.24) is 9.78 Å². The van der Waals surface area contributed by atoms with E-state index in [9.17, 15) is 14.4 Å². The highest BCUT2D eigenvalue weighted by molar-refractivity contribution is 6.30. The van der Waals surface area contributed by atoms with Crippen LogP contribution in [0.25, 0.3) is 11.1 Å². The number of carboxylic acids is 1. The Balaban J connectivity index is 2.02. The topological polar surface area (TPSA) is 135 Å². The van der Waals surface area contributed by atoms with Crippen LogP contribution in [-0.2, 0) is 0 Å². The number of aromatic carboxylic acids is 1. The number of rotatable bonds is 3. The maximum absolute atomic E-state index is 12.2. The highest BCUT2D eigenvalue weighted by Crippen LogP contribution is 2.27. The minimum Gasteiger partial charge on any atom is -0.475 e. The molecule has 0 aliphatic carbocycles. The summed E-state index contributed by atoms with van der Waals surface area (Å²) in [6, 6.07) is 6.97. The second kappa shape index (κ2) is 5.70. The molecule has 9 nitrogen and oxygen atoms in total. The summed E-state index contributed by atoms with van der Waals surface area (Å²) in [6.07, 6.45) is -1.45. The molecule has 1 amide bonds. The summed E-state index contributed by atoms with van der Waals surface area (Å²) < 4.78 is 5.58. The zero-order valence-electron chi connectivity index (χ0n) is 11.7. The molecule has 3 N–H and O–H groups in total. The van der Waals surface area contributed by atoms with E-state index in [1.807, 2.05) is 0 Å². The fraction of sp³-hybridized carbons (Fsp3) is 0. The number of amides is 1. The van der Waals surface area contributed by atoms with Crippen LogP contribution in [0, 0.1) is 0 Å². The molecule has 0 unspecified atom stereocenters. The lowest BCUT2D eigenvalue weighted by atomic mass is 10.2. The van der Waals surface area contributed by atoms with Crippen LogP contribution in [-0.4, -0.2) is 38.0 Å². The van der Waals surface area contributed by atoms with Gasteiger partial charge in [0.2, 0.25) is 5.76 Å². The van der Waals surface area contributed by atoms with Gasteiger partial charge >= 0.3 is 12.1 Å². The molecule has 0 radical (unpaired) electrons. The van der Waals surface area contributed by atoms with Gasteiger partial charge in [0.25, 0.3) is 5.91 Å². The van der Waals surface area contributed by atoms with Gasteiger partial charge in [-0.1, -0.05) is 11.6 Å². The van der Waals surface area contributed by atoms with Crippen molar-refractivity contribution in [1.29, 1.82) is 0 Å². The van der Waals surface area contributed by atoms with E-state index in [-0.39, 0.29) is 22.5 Å². The number of furan rings is 1. The van der Waals surface area contributed by atoms with E-state index in [0.29, 0.717) is 9.70 Å². The first kappa shape index (κ1) is 15.6. The molecule has 0 aliphatic rings. The predicted molar refractivity (Wildman–Crippen MR) is 81.8 cm³/mol. The molecule has 0 aliphatic heterocycles. The van der Waals surface area contributed by atoms with Crippen molar-refractivity contribution in [2.75, 3.05) is 5.32 Å². The second-order valence-corrected chi connectivity index (χ2v) is 5.07. The van der Waals surface area contributed by atoms with Gasteiger partial charge in [0.15, 0.2) is 11.4 Å². The molecule has 10 heteroatoms. The normalized spacial score (nSPS) is 10.7. The molecule has 0 spiro atoms. The predicted octanol–water partition coefficient (Wildman–Crippen LogP) is 2.76. The number of aromatic nitrogens is 2. The Labute approximate surface area is 138 Å². The van der Waals surface area contributed by atoms with Crippen molar-refractivity contribution in [3.8, 4) is 0 Å². The molecule has 1 aromatic carbocycles. The van der Waals surface area contributed by atoms with Gasteiger partial charge in [-0.2, -0.15) is 4.68 Å². The number of nitrogens with one attached hydrogen (secondary N) is 1. The van der Waals surface area contributed by atoms with Crippen LogP contribution in [0.1, 0.15) is 20.9 Å².